The van der Waals surface area contributed by atoms with E-state index in [1.807, 2.05) is 43.4 Å². The first-order valence-electron chi connectivity index (χ1n) is 4.76. The number of nitrogens with one attached hydrogen (secondary N) is 1. The molecule has 0 unspecified atom stereocenters. The molecule has 0 aliphatic heterocycles. The zero-order chi connectivity index (χ0) is 12.3. The molecule has 1 aromatic rings. The number of amides is 1. The van der Waals surface area contributed by atoms with Crippen LogP contribution in [0.1, 0.15) is 31.1 Å². The van der Waals surface area contributed by atoms with Crippen LogP contribution >= 0.6 is 22.6 Å². The Labute approximate surface area is 108 Å². The Kier molecular flexibility index (Phi) is 4.15. The molecular formula is C11H14INO3. The third-order valence-corrected chi connectivity index (χ3v) is 2.57. The van der Waals surface area contributed by atoms with E-state index >= 15 is 0 Å². The predicted molar refractivity (Wildman–Crippen MR) is 69.1 cm³/mol. The van der Waals surface area contributed by atoms with Crippen LogP contribution in [0.3, 0.4) is 0 Å². The number of hydrogen-bond donors (Lipinski definition) is 2. The second-order valence-corrected chi connectivity index (χ2v) is 5.47. The van der Waals surface area contributed by atoms with Crippen molar-refractivity contribution in [2.45, 2.75) is 26.4 Å². The Morgan fingerprint density at radius 2 is 2.06 bits per heavy atom. The molecule has 16 heavy (non-hydrogen) atoms. The van der Waals surface area contributed by atoms with Crippen LogP contribution in [0, 0.1) is 3.57 Å². The summed E-state index contributed by atoms with van der Waals surface area (Å²) in [6.45, 7) is 5.50. The fourth-order valence-corrected chi connectivity index (χ4v) is 1.25. The number of carbonyl (C=O) groups is 1. The molecule has 0 spiro atoms. The number of phenolic OH excluding ortho intramolecular Hbond substituents is 1. The minimum absolute atomic E-state index is 0.0870. The second-order valence-electron chi connectivity index (χ2n) is 4.31. The molecular weight excluding hydrogens is 321 g/mol. The van der Waals surface area contributed by atoms with Crippen molar-refractivity contribution in [1.29, 1.82) is 0 Å². The molecule has 0 aliphatic rings. The minimum atomic E-state index is -0.444. The van der Waals surface area contributed by atoms with Crippen LogP contribution < -0.4 is 5.48 Å². The number of hydroxylamine groups is 1. The van der Waals surface area contributed by atoms with Gasteiger partial charge in [-0.15, -0.1) is 0 Å². The Balaban J connectivity index is 2.70. The molecule has 0 radical (unpaired) electrons. The van der Waals surface area contributed by atoms with E-state index in [1.165, 1.54) is 6.07 Å². The van der Waals surface area contributed by atoms with Gasteiger partial charge in [-0.3, -0.25) is 9.63 Å². The van der Waals surface area contributed by atoms with Crippen LogP contribution in [0.4, 0.5) is 0 Å². The molecule has 88 valence electrons. The van der Waals surface area contributed by atoms with Crippen molar-refractivity contribution in [3.63, 3.8) is 0 Å². The third-order valence-electron chi connectivity index (χ3n) is 1.66. The zero-order valence-corrected chi connectivity index (χ0v) is 11.5. The summed E-state index contributed by atoms with van der Waals surface area (Å²) in [6.07, 6.45) is 0. The van der Waals surface area contributed by atoms with E-state index in [9.17, 15) is 9.90 Å². The molecule has 4 nitrogen and oxygen atoms in total. The summed E-state index contributed by atoms with van der Waals surface area (Å²) in [5.41, 5.74) is 2.25. The van der Waals surface area contributed by atoms with Gasteiger partial charge in [-0.05, 0) is 61.6 Å². The third kappa shape index (κ3) is 3.97. The van der Waals surface area contributed by atoms with E-state index in [0.29, 0.717) is 9.13 Å². The Morgan fingerprint density at radius 3 is 2.56 bits per heavy atom. The van der Waals surface area contributed by atoms with E-state index in [0.717, 1.165) is 0 Å². The topological polar surface area (TPSA) is 58.6 Å². The first kappa shape index (κ1) is 13.2. The molecule has 0 saturated heterocycles. The molecule has 0 atom stereocenters. The van der Waals surface area contributed by atoms with Crippen molar-refractivity contribution in [2.24, 2.45) is 0 Å². The number of rotatable bonds is 2. The normalized spacial score (nSPS) is 11.2. The lowest BCUT2D eigenvalue weighted by atomic mass is 10.2. The van der Waals surface area contributed by atoms with Crippen molar-refractivity contribution in [3.8, 4) is 5.75 Å². The first-order chi connectivity index (χ1) is 7.29. The number of aromatic hydroxyl groups is 1. The maximum Gasteiger partial charge on any atom is 0.274 e. The Hall–Kier alpha value is -0.820. The number of phenols is 1. The highest BCUT2D eigenvalue weighted by Gasteiger charge is 2.14. The van der Waals surface area contributed by atoms with E-state index < -0.39 is 5.60 Å². The van der Waals surface area contributed by atoms with Gasteiger partial charge in [0.2, 0.25) is 0 Å². The molecule has 0 aliphatic carbocycles. The SMILES string of the molecule is CC(C)(C)ONC(=O)c1ccc(I)c(O)c1. The van der Waals surface area contributed by atoms with Gasteiger partial charge in [-0.1, -0.05) is 0 Å². The summed E-state index contributed by atoms with van der Waals surface area (Å²) < 4.78 is 0.700. The number of hydrogen-bond acceptors (Lipinski definition) is 3. The smallest absolute Gasteiger partial charge is 0.274 e. The van der Waals surface area contributed by atoms with Gasteiger partial charge in [0, 0.05) is 5.56 Å². The summed E-state index contributed by atoms with van der Waals surface area (Å²) in [7, 11) is 0. The van der Waals surface area contributed by atoms with Crippen molar-refractivity contribution < 1.29 is 14.7 Å². The quantitative estimate of drug-likeness (QED) is 0.645. The van der Waals surface area contributed by atoms with Crippen LogP contribution in [-0.2, 0) is 4.84 Å². The highest BCUT2D eigenvalue weighted by atomic mass is 127. The zero-order valence-electron chi connectivity index (χ0n) is 9.37. The molecule has 2 N–H and O–H groups in total. The lowest BCUT2D eigenvalue weighted by molar-refractivity contribution is -0.0589. The van der Waals surface area contributed by atoms with Crippen LogP contribution in [0.2, 0.25) is 0 Å². The highest BCUT2D eigenvalue weighted by molar-refractivity contribution is 14.1. The van der Waals surface area contributed by atoms with Crippen molar-refractivity contribution in [1.82, 2.24) is 5.48 Å². The minimum Gasteiger partial charge on any atom is -0.507 e. The summed E-state index contributed by atoms with van der Waals surface area (Å²) in [5, 5.41) is 9.45. The number of halogens is 1. The van der Waals surface area contributed by atoms with Gasteiger partial charge in [0.05, 0.1) is 9.17 Å². The average molecular weight is 335 g/mol. The Bertz CT molecular complexity index is 399. The summed E-state index contributed by atoms with van der Waals surface area (Å²) in [6, 6.07) is 4.70. The highest BCUT2D eigenvalue weighted by Crippen LogP contribution is 2.20. The van der Waals surface area contributed by atoms with Gasteiger partial charge in [0.15, 0.2) is 0 Å². The number of carbonyl (C=O) groups excluding carboxylic acids is 1. The average Bonchev–Trinajstić information content (AvgIpc) is 2.17. The van der Waals surface area contributed by atoms with Gasteiger partial charge >= 0.3 is 0 Å². The van der Waals surface area contributed by atoms with E-state index in [4.69, 9.17) is 4.84 Å². The van der Waals surface area contributed by atoms with Gasteiger partial charge in [0.1, 0.15) is 5.75 Å². The van der Waals surface area contributed by atoms with Gasteiger partial charge < -0.3 is 5.11 Å². The molecule has 0 saturated carbocycles. The largest absolute Gasteiger partial charge is 0.507 e. The van der Waals surface area contributed by atoms with E-state index in [-0.39, 0.29) is 11.7 Å². The lowest BCUT2D eigenvalue weighted by Gasteiger charge is -2.18. The molecule has 5 heteroatoms. The summed E-state index contributed by atoms with van der Waals surface area (Å²) in [5.74, 6) is -0.286. The van der Waals surface area contributed by atoms with Crippen molar-refractivity contribution in [2.75, 3.05) is 0 Å². The maximum atomic E-state index is 11.6. The van der Waals surface area contributed by atoms with E-state index in [1.54, 1.807) is 12.1 Å². The molecule has 0 aromatic heterocycles. The molecule has 1 amide bonds. The first-order valence-corrected chi connectivity index (χ1v) is 5.84. The fourth-order valence-electron chi connectivity index (χ4n) is 0.912. The monoisotopic (exact) mass is 335 g/mol. The molecule has 0 fully saturated rings. The van der Waals surface area contributed by atoms with Crippen LogP contribution in [0.15, 0.2) is 18.2 Å². The Morgan fingerprint density at radius 1 is 1.44 bits per heavy atom. The second kappa shape index (κ2) is 5.01. The predicted octanol–water partition coefficient (Wildman–Crippen LogP) is 2.46. The van der Waals surface area contributed by atoms with E-state index in [2.05, 4.69) is 5.48 Å². The molecule has 0 heterocycles. The van der Waals surface area contributed by atoms with Crippen molar-refractivity contribution in [3.05, 3.63) is 27.3 Å². The van der Waals surface area contributed by atoms with Crippen molar-refractivity contribution >= 4 is 28.5 Å². The standard InChI is InChI=1S/C11H14INO3/c1-11(2,3)16-13-10(15)7-4-5-8(12)9(14)6-7/h4-6,14H,1-3H3,(H,13,15). The summed E-state index contributed by atoms with van der Waals surface area (Å²) in [4.78, 5) is 16.7. The molecule has 1 aromatic carbocycles. The fraction of sp³-hybridized carbons (Fsp3) is 0.364. The summed E-state index contributed by atoms with van der Waals surface area (Å²) >= 11 is 1.99. The van der Waals surface area contributed by atoms with Crippen LogP contribution in [-0.4, -0.2) is 16.6 Å². The van der Waals surface area contributed by atoms with Gasteiger partial charge in [-0.2, -0.15) is 0 Å². The molecule has 1 rings (SSSR count). The lowest BCUT2D eigenvalue weighted by Crippen LogP contribution is -2.33. The van der Waals surface area contributed by atoms with Gasteiger partial charge in [0.25, 0.3) is 5.91 Å². The maximum absolute atomic E-state index is 11.6. The number of benzene rings is 1. The van der Waals surface area contributed by atoms with Gasteiger partial charge in [-0.25, -0.2) is 5.48 Å². The van der Waals surface area contributed by atoms with Crippen LogP contribution in [0.5, 0.6) is 5.75 Å². The molecule has 0 bridgehead atoms. The van der Waals surface area contributed by atoms with Crippen LogP contribution in [0.25, 0.3) is 0 Å².